The van der Waals surface area contributed by atoms with Gasteiger partial charge < -0.3 is 4.74 Å². The van der Waals surface area contributed by atoms with E-state index in [2.05, 4.69) is 20.9 Å². The Morgan fingerprint density at radius 3 is 3.08 bits per heavy atom. The first-order valence-electron chi connectivity index (χ1n) is 4.20. The summed E-state index contributed by atoms with van der Waals surface area (Å²) in [5.74, 6) is 0.503. The molecule has 0 spiro atoms. The number of hydrogen-bond acceptors (Lipinski definition) is 2. The fourth-order valence-electron chi connectivity index (χ4n) is 1.01. The van der Waals surface area contributed by atoms with E-state index < -0.39 is 5.82 Å². The molecule has 70 valence electrons. The van der Waals surface area contributed by atoms with Gasteiger partial charge in [-0.2, -0.15) is 4.39 Å². The van der Waals surface area contributed by atoms with Gasteiger partial charge in [0, 0.05) is 12.3 Å². The van der Waals surface area contributed by atoms with Gasteiger partial charge in [0.2, 0.25) is 0 Å². The predicted octanol–water partition coefficient (Wildman–Crippen LogP) is 2.77. The molecule has 13 heavy (non-hydrogen) atoms. The van der Waals surface area contributed by atoms with Gasteiger partial charge in [-0.05, 0) is 34.7 Å². The highest BCUT2D eigenvalue weighted by Crippen LogP contribution is 2.30. The fraction of sp³-hybridized carbons (Fsp3) is 0.444. The van der Waals surface area contributed by atoms with Gasteiger partial charge in [-0.15, -0.1) is 0 Å². The van der Waals surface area contributed by atoms with Crippen LogP contribution in [0.3, 0.4) is 0 Å². The van der Waals surface area contributed by atoms with Crippen molar-refractivity contribution in [2.24, 2.45) is 5.92 Å². The maximum atomic E-state index is 13.2. The van der Waals surface area contributed by atoms with E-state index in [-0.39, 0.29) is 10.4 Å². The summed E-state index contributed by atoms with van der Waals surface area (Å²) in [6.07, 6.45) is 3.93. The van der Waals surface area contributed by atoms with Crippen LogP contribution in [-0.2, 0) is 0 Å². The van der Waals surface area contributed by atoms with Gasteiger partial charge >= 0.3 is 0 Å². The molecule has 0 unspecified atom stereocenters. The molecule has 0 aromatic carbocycles. The number of ether oxygens (including phenoxy) is 1. The Morgan fingerprint density at radius 1 is 1.62 bits per heavy atom. The van der Waals surface area contributed by atoms with Gasteiger partial charge in [-0.3, -0.25) is 0 Å². The summed E-state index contributed by atoms with van der Waals surface area (Å²) in [6.45, 7) is 0.618. The molecule has 2 rings (SSSR count). The minimum atomic E-state index is -0.414. The van der Waals surface area contributed by atoms with Crippen molar-refractivity contribution in [1.82, 2.24) is 4.98 Å². The lowest BCUT2D eigenvalue weighted by Crippen LogP contribution is -2.01. The SMILES string of the molecule is Fc1c(OCC2CC2)ccnc1Br. The van der Waals surface area contributed by atoms with Gasteiger partial charge in [0.1, 0.15) is 4.60 Å². The van der Waals surface area contributed by atoms with Gasteiger partial charge in [-0.1, -0.05) is 0 Å². The molecule has 0 N–H and O–H groups in total. The summed E-state index contributed by atoms with van der Waals surface area (Å²) in [6, 6.07) is 1.54. The monoisotopic (exact) mass is 245 g/mol. The average Bonchev–Trinajstić information content (AvgIpc) is 2.91. The molecular weight excluding hydrogens is 237 g/mol. The van der Waals surface area contributed by atoms with Crippen molar-refractivity contribution in [2.45, 2.75) is 12.8 Å². The zero-order valence-electron chi connectivity index (χ0n) is 6.96. The summed E-state index contributed by atoms with van der Waals surface area (Å²) in [7, 11) is 0. The molecule has 0 atom stereocenters. The standard InChI is InChI=1S/C9H9BrFNO/c10-9-8(11)7(3-4-12-9)13-5-6-1-2-6/h3-4,6H,1-2,5H2. The molecule has 1 heterocycles. The Hall–Kier alpha value is -0.640. The molecule has 0 bridgehead atoms. The Balaban J connectivity index is 2.05. The number of pyridine rings is 1. The lowest BCUT2D eigenvalue weighted by molar-refractivity contribution is 0.284. The third-order valence-corrected chi connectivity index (χ3v) is 2.54. The largest absolute Gasteiger partial charge is 0.490 e. The Morgan fingerprint density at radius 2 is 2.38 bits per heavy atom. The number of rotatable bonds is 3. The van der Waals surface area contributed by atoms with Gasteiger partial charge in [0.25, 0.3) is 0 Å². The Kier molecular flexibility index (Phi) is 2.49. The third kappa shape index (κ3) is 2.18. The van der Waals surface area contributed by atoms with E-state index in [0.717, 1.165) is 0 Å². The van der Waals surface area contributed by atoms with E-state index in [1.807, 2.05) is 0 Å². The molecule has 0 radical (unpaired) electrons. The molecule has 1 aliphatic carbocycles. The number of aromatic nitrogens is 1. The minimum absolute atomic E-state index is 0.209. The second-order valence-electron chi connectivity index (χ2n) is 3.17. The van der Waals surface area contributed by atoms with Crippen LogP contribution < -0.4 is 4.74 Å². The normalized spacial score (nSPS) is 15.8. The first kappa shape index (κ1) is 8.94. The van der Waals surface area contributed by atoms with Crippen molar-refractivity contribution in [3.63, 3.8) is 0 Å². The Labute approximate surface area is 84.3 Å². The fourth-order valence-corrected chi connectivity index (χ4v) is 1.32. The van der Waals surface area contributed by atoms with Crippen molar-refractivity contribution < 1.29 is 9.13 Å². The van der Waals surface area contributed by atoms with E-state index in [4.69, 9.17) is 4.74 Å². The second kappa shape index (κ2) is 3.62. The molecule has 2 nitrogen and oxygen atoms in total. The van der Waals surface area contributed by atoms with E-state index in [9.17, 15) is 4.39 Å². The zero-order valence-corrected chi connectivity index (χ0v) is 8.55. The summed E-state index contributed by atoms with van der Waals surface area (Å²) < 4.78 is 18.7. The summed E-state index contributed by atoms with van der Waals surface area (Å²) in [5, 5.41) is 0. The maximum absolute atomic E-state index is 13.2. The van der Waals surface area contributed by atoms with Crippen molar-refractivity contribution in [3.05, 3.63) is 22.7 Å². The Bertz CT molecular complexity index is 314. The summed E-state index contributed by atoms with van der Waals surface area (Å²) in [5.41, 5.74) is 0. The number of nitrogens with zero attached hydrogens (tertiary/aromatic N) is 1. The summed E-state index contributed by atoms with van der Waals surface area (Å²) >= 11 is 3.00. The van der Waals surface area contributed by atoms with Crippen LogP contribution >= 0.6 is 15.9 Å². The highest BCUT2D eigenvalue weighted by Gasteiger charge is 2.22. The highest BCUT2D eigenvalue weighted by atomic mass is 79.9. The maximum Gasteiger partial charge on any atom is 0.197 e. The van der Waals surface area contributed by atoms with Gasteiger partial charge in [-0.25, -0.2) is 4.98 Å². The second-order valence-corrected chi connectivity index (χ2v) is 3.92. The van der Waals surface area contributed by atoms with Crippen molar-refractivity contribution >= 4 is 15.9 Å². The van der Waals surface area contributed by atoms with E-state index in [1.54, 1.807) is 6.07 Å². The van der Waals surface area contributed by atoms with Crippen molar-refractivity contribution in [1.29, 1.82) is 0 Å². The van der Waals surface area contributed by atoms with Crippen LogP contribution in [0.1, 0.15) is 12.8 Å². The van der Waals surface area contributed by atoms with E-state index in [1.165, 1.54) is 19.0 Å². The van der Waals surface area contributed by atoms with Crippen LogP contribution in [-0.4, -0.2) is 11.6 Å². The van der Waals surface area contributed by atoms with E-state index >= 15 is 0 Å². The van der Waals surface area contributed by atoms with E-state index in [0.29, 0.717) is 12.5 Å². The highest BCUT2D eigenvalue weighted by molar-refractivity contribution is 9.10. The average molecular weight is 246 g/mol. The quantitative estimate of drug-likeness (QED) is 0.765. The van der Waals surface area contributed by atoms with Crippen molar-refractivity contribution in [3.8, 4) is 5.75 Å². The zero-order chi connectivity index (χ0) is 9.26. The first-order valence-corrected chi connectivity index (χ1v) is 4.99. The molecule has 0 saturated heterocycles. The number of halogens is 2. The molecule has 0 amide bonds. The van der Waals surface area contributed by atoms with Crippen LogP contribution in [0.25, 0.3) is 0 Å². The molecular formula is C9H9BrFNO. The molecule has 1 aromatic rings. The minimum Gasteiger partial charge on any atom is -0.490 e. The van der Waals surface area contributed by atoms with Gasteiger partial charge in [0.15, 0.2) is 11.6 Å². The van der Waals surface area contributed by atoms with Gasteiger partial charge in [0.05, 0.1) is 6.61 Å². The van der Waals surface area contributed by atoms with Crippen LogP contribution in [0.4, 0.5) is 4.39 Å². The van der Waals surface area contributed by atoms with Crippen LogP contribution in [0.2, 0.25) is 0 Å². The topological polar surface area (TPSA) is 22.1 Å². The lowest BCUT2D eigenvalue weighted by Gasteiger charge is -2.05. The molecule has 0 aliphatic heterocycles. The lowest BCUT2D eigenvalue weighted by atomic mass is 10.4. The van der Waals surface area contributed by atoms with Crippen molar-refractivity contribution in [2.75, 3.05) is 6.61 Å². The molecule has 1 fully saturated rings. The molecule has 1 aliphatic rings. The van der Waals surface area contributed by atoms with Crippen LogP contribution in [0, 0.1) is 11.7 Å². The first-order chi connectivity index (χ1) is 6.27. The number of hydrogen-bond donors (Lipinski definition) is 0. The smallest absolute Gasteiger partial charge is 0.197 e. The molecule has 1 aromatic heterocycles. The van der Waals surface area contributed by atoms with Crippen LogP contribution in [0.15, 0.2) is 16.9 Å². The molecule has 4 heteroatoms. The predicted molar refractivity (Wildman–Crippen MR) is 50.1 cm³/mol. The third-order valence-electron chi connectivity index (χ3n) is 1.98. The van der Waals surface area contributed by atoms with Crippen LogP contribution in [0.5, 0.6) is 5.75 Å². The summed E-state index contributed by atoms with van der Waals surface area (Å²) in [4.78, 5) is 3.74. The molecule has 1 saturated carbocycles.